The van der Waals surface area contributed by atoms with Crippen LogP contribution >= 0.6 is 11.3 Å². The maximum Gasteiger partial charge on any atom is 0.257 e. The summed E-state index contributed by atoms with van der Waals surface area (Å²) < 4.78 is 0. The Balaban J connectivity index is 1.54. The van der Waals surface area contributed by atoms with Crippen molar-refractivity contribution in [1.82, 2.24) is 9.88 Å². The molecule has 3 rings (SSSR count). The van der Waals surface area contributed by atoms with Crippen molar-refractivity contribution in [2.24, 2.45) is 5.92 Å². The van der Waals surface area contributed by atoms with Crippen LogP contribution in [0.3, 0.4) is 0 Å². The number of carbonyl (C=O) groups excluding carboxylic acids is 1. The number of carbonyl (C=O) groups is 1. The highest BCUT2D eigenvalue weighted by atomic mass is 32.1. The monoisotopic (exact) mass is 345 g/mol. The van der Waals surface area contributed by atoms with Gasteiger partial charge in [-0.05, 0) is 56.5 Å². The molecule has 0 unspecified atom stereocenters. The smallest absolute Gasteiger partial charge is 0.257 e. The van der Waals surface area contributed by atoms with E-state index in [9.17, 15) is 9.90 Å². The molecular formula is C18H23N3O2S. The third-order valence-corrected chi connectivity index (χ3v) is 5.26. The molecule has 6 heteroatoms. The van der Waals surface area contributed by atoms with Crippen molar-refractivity contribution in [1.29, 1.82) is 0 Å². The molecule has 24 heavy (non-hydrogen) atoms. The van der Waals surface area contributed by atoms with Crippen LogP contribution in [0.15, 0.2) is 30.5 Å². The number of piperidine rings is 1. The van der Waals surface area contributed by atoms with Crippen LogP contribution in [0.1, 0.15) is 33.6 Å². The number of thiazole rings is 1. The molecule has 128 valence electrons. The van der Waals surface area contributed by atoms with Gasteiger partial charge in [0.2, 0.25) is 0 Å². The zero-order chi connectivity index (χ0) is 16.9. The number of hydrogen-bond donors (Lipinski definition) is 2. The van der Waals surface area contributed by atoms with Crippen LogP contribution < -0.4 is 5.32 Å². The fourth-order valence-corrected chi connectivity index (χ4v) is 3.59. The summed E-state index contributed by atoms with van der Waals surface area (Å²) >= 11 is 1.47. The highest BCUT2D eigenvalue weighted by Crippen LogP contribution is 2.20. The molecular weight excluding hydrogens is 322 g/mol. The van der Waals surface area contributed by atoms with Gasteiger partial charge in [0.15, 0.2) is 5.13 Å². The van der Waals surface area contributed by atoms with Crippen molar-refractivity contribution < 1.29 is 9.90 Å². The van der Waals surface area contributed by atoms with Crippen LogP contribution in [-0.2, 0) is 6.54 Å². The van der Waals surface area contributed by atoms with E-state index < -0.39 is 0 Å². The number of anilines is 1. The van der Waals surface area contributed by atoms with Crippen molar-refractivity contribution in [2.45, 2.75) is 26.3 Å². The lowest BCUT2D eigenvalue weighted by molar-refractivity contribution is 0.102. The molecule has 0 spiro atoms. The molecule has 0 saturated carbocycles. The van der Waals surface area contributed by atoms with E-state index >= 15 is 0 Å². The minimum Gasteiger partial charge on any atom is -0.396 e. The number of likely N-dealkylation sites (tertiary alicyclic amines) is 1. The van der Waals surface area contributed by atoms with Crippen LogP contribution in [0.5, 0.6) is 0 Å². The van der Waals surface area contributed by atoms with Crippen LogP contribution in [0.4, 0.5) is 5.13 Å². The predicted molar refractivity (Wildman–Crippen MR) is 96.3 cm³/mol. The number of benzene rings is 1. The molecule has 1 aromatic heterocycles. The average Bonchev–Trinajstić information content (AvgIpc) is 3.01. The summed E-state index contributed by atoms with van der Waals surface area (Å²) in [6.07, 6.45) is 3.87. The van der Waals surface area contributed by atoms with Gasteiger partial charge < -0.3 is 5.11 Å². The number of nitrogens with one attached hydrogen (secondary N) is 1. The molecule has 2 aromatic rings. The summed E-state index contributed by atoms with van der Waals surface area (Å²) in [5, 5.41) is 12.7. The van der Waals surface area contributed by atoms with E-state index in [4.69, 9.17) is 0 Å². The van der Waals surface area contributed by atoms with Crippen LogP contribution in [0.2, 0.25) is 0 Å². The van der Waals surface area contributed by atoms with Crippen LogP contribution in [0, 0.1) is 12.8 Å². The summed E-state index contributed by atoms with van der Waals surface area (Å²) in [5.74, 6) is 0.335. The van der Waals surface area contributed by atoms with Gasteiger partial charge in [-0.1, -0.05) is 12.1 Å². The number of aromatic nitrogens is 1. The standard InChI is InChI=1S/C18H23N3O2S/c1-13-10-19-18(24-13)20-17(23)16-4-2-14(3-5-16)11-21-8-6-15(12-22)7-9-21/h2-5,10,15,22H,6-9,11-12H2,1H3,(H,19,20,23). The summed E-state index contributed by atoms with van der Waals surface area (Å²) in [5.41, 5.74) is 1.85. The van der Waals surface area contributed by atoms with Crippen LogP contribution in [0.25, 0.3) is 0 Å². The second-order valence-electron chi connectivity index (χ2n) is 6.33. The fraction of sp³-hybridized carbons (Fsp3) is 0.444. The highest BCUT2D eigenvalue weighted by Gasteiger charge is 2.18. The molecule has 2 N–H and O–H groups in total. The molecule has 0 bridgehead atoms. The van der Waals surface area contributed by atoms with Gasteiger partial charge in [-0.15, -0.1) is 11.3 Å². The van der Waals surface area contributed by atoms with Crippen molar-refractivity contribution >= 4 is 22.4 Å². The van der Waals surface area contributed by atoms with E-state index in [1.807, 2.05) is 31.2 Å². The minimum absolute atomic E-state index is 0.125. The second kappa shape index (κ2) is 7.88. The number of aryl methyl sites for hydroxylation is 1. The predicted octanol–water partition coefficient (Wildman–Crippen LogP) is 2.91. The zero-order valence-electron chi connectivity index (χ0n) is 13.9. The molecule has 5 nitrogen and oxygen atoms in total. The lowest BCUT2D eigenvalue weighted by atomic mass is 9.97. The van der Waals surface area contributed by atoms with Crippen molar-refractivity contribution in [2.75, 3.05) is 25.0 Å². The number of nitrogens with zero attached hydrogens (tertiary/aromatic N) is 2. The number of hydrogen-bond acceptors (Lipinski definition) is 5. The summed E-state index contributed by atoms with van der Waals surface area (Å²) in [7, 11) is 0. The Hall–Kier alpha value is -1.76. The van der Waals surface area contributed by atoms with Crippen LogP contribution in [-0.4, -0.2) is 40.6 Å². The topological polar surface area (TPSA) is 65.5 Å². The molecule has 1 amide bonds. The second-order valence-corrected chi connectivity index (χ2v) is 7.56. The molecule has 1 fully saturated rings. The van der Waals surface area contributed by atoms with Gasteiger partial charge in [-0.25, -0.2) is 4.98 Å². The van der Waals surface area contributed by atoms with E-state index in [1.54, 1.807) is 6.20 Å². The van der Waals surface area contributed by atoms with E-state index in [-0.39, 0.29) is 5.91 Å². The van der Waals surface area contributed by atoms with Gasteiger partial charge in [0.05, 0.1) is 0 Å². The summed E-state index contributed by atoms with van der Waals surface area (Å²) in [6, 6.07) is 7.76. The van der Waals surface area contributed by atoms with Gasteiger partial charge in [-0.3, -0.25) is 15.0 Å². The van der Waals surface area contributed by atoms with E-state index in [0.717, 1.165) is 37.4 Å². The van der Waals surface area contributed by atoms with E-state index in [1.165, 1.54) is 16.9 Å². The van der Waals surface area contributed by atoms with E-state index in [2.05, 4.69) is 15.2 Å². The van der Waals surface area contributed by atoms with Gasteiger partial charge >= 0.3 is 0 Å². The molecule has 0 radical (unpaired) electrons. The first kappa shape index (κ1) is 17.1. The van der Waals surface area contributed by atoms with Crippen molar-refractivity contribution in [3.05, 3.63) is 46.5 Å². The van der Waals surface area contributed by atoms with Crippen molar-refractivity contribution in [3.63, 3.8) is 0 Å². The molecule has 1 saturated heterocycles. The SMILES string of the molecule is Cc1cnc(NC(=O)c2ccc(CN3CCC(CO)CC3)cc2)s1. The lowest BCUT2D eigenvalue weighted by Gasteiger charge is -2.31. The molecule has 1 aliphatic rings. The summed E-state index contributed by atoms with van der Waals surface area (Å²) in [6.45, 7) is 5.21. The Bertz CT molecular complexity index is 676. The first-order valence-corrected chi connectivity index (χ1v) is 9.11. The lowest BCUT2D eigenvalue weighted by Crippen LogP contribution is -2.34. The maximum absolute atomic E-state index is 12.2. The average molecular weight is 345 g/mol. The number of rotatable bonds is 5. The number of amides is 1. The molecule has 1 aliphatic heterocycles. The largest absolute Gasteiger partial charge is 0.396 e. The van der Waals surface area contributed by atoms with Gasteiger partial charge in [-0.2, -0.15) is 0 Å². The van der Waals surface area contributed by atoms with Gasteiger partial charge in [0, 0.05) is 29.8 Å². The molecule has 0 atom stereocenters. The third-order valence-electron chi connectivity index (χ3n) is 4.43. The highest BCUT2D eigenvalue weighted by molar-refractivity contribution is 7.15. The Morgan fingerprint density at radius 3 is 2.62 bits per heavy atom. The molecule has 1 aromatic carbocycles. The van der Waals surface area contributed by atoms with Gasteiger partial charge in [0.1, 0.15) is 0 Å². The minimum atomic E-state index is -0.125. The normalized spacial score (nSPS) is 16.2. The van der Waals surface area contributed by atoms with E-state index in [0.29, 0.717) is 23.2 Å². The van der Waals surface area contributed by atoms with Gasteiger partial charge in [0.25, 0.3) is 5.91 Å². The third kappa shape index (κ3) is 4.41. The summed E-state index contributed by atoms with van der Waals surface area (Å²) in [4.78, 5) is 19.8. The number of aliphatic hydroxyl groups is 1. The Labute approximate surface area is 146 Å². The maximum atomic E-state index is 12.2. The Morgan fingerprint density at radius 2 is 2.04 bits per heavy atom. The van der Waals surface area contributed by atoms with Crippen molar-refractivity contribution in [3.8, 4) is 0 Å². The fourth-order valence-electron chi connectivity index (χ4n) is 2.93. The Morgan fingerprint density at radius 1 is 1.33 bits per heavy atom. The Kier molecular flexibility index (Phi) is 5.60. The number of aliphatic hydroxyl groups excluding tert-OH is 1. The zero-order valence-corrected chi connectivity index (χ0v) is 14.7. The first-order valence-electron chi connectivity index (χ1n) is 8.30. The quantitative estimate of drug-likeness (QED) is 0.874. The first-order chi connectivity index (χ1) is 11.6. The molecule has 0 aliphatic carbocycles. The molecule has 2 heterocycles.